The third-order valence-corrected chi connectivity index (χ3v) is 4.52. The number of amides is 3. The molecular formula is C23H24FN3O4. The van der Waals surface area contributed by atoms with E-state index in [-0.39, 0.29) is 36.4 Å². The van der Waals surface area contributed by atoms with Gasteiger partial charge >= 0.3 is 0 Å². The molecule has 162 valence electrons. The first-order valence-corrected chi connectivity index (χ1v) is 9.89. The van der Waals surface area contributed by atoms with Crippen molar-refractivity contribution >= 4 is 34.7 Å². The minimum atomic E-state index is -0.512. The number of nitrogens with one attached hydrogen (secondary N) is 2. The second-order valence-electron chi connectivity index (χ2n) is 7.33. The summed E-state index contributed by atoms with van der Waals surface area (Å²) >= 11 is 0. The van der Waals surface area contributed by atoms with Crippen LogP contribution in [0, 0.1) is 5.82 Å². The minimum Gasteiger partial charge on any atom is -0.377 e. The predicted octanol–water partition coefficient (Wildman–Crippen LogP) is 3.40. The Morgan fingerprint density at radius 1 is 1.06 bits per heavy atom. The van der Waals surface area contributed by atoms with Crippen molar-refractivity contribution in [1.82, 2.24) is 4.90 Å². The summed E-state index contributed by atoms with van der Waals surface area (Å²) in [5, 5.41) is 5.56. The van der Waals surface area contributed by atoms with Gasteiger partial charge < -0.3 is 15.4 Å². The fourth-order valence-electron chi connectivity index (χ4n) is 3.18. The molecule has 0 aliphatic carbocycles. The molecule has 0 saturated heterocycles. The minimum absolute atomic E-state index is 0.0357. The van der Waals surface area contributed by atoms with Crippen LogP contribution >= 0.6 is 0 Å². The molecular weight excluding hydrogens is 401 g/mol. The van der Waals surface area contributed by atoms with Crippen LogP contribution in [0.25, 0.3) is 5.57 Å². The fourth-order valence-corrected chi connectivity index (χ4v) is 3.18. The topological polar surface area (TPSA) is 87.7 Å². The summed E-state index contributed by atoms with van der Waals surface area (Å²) in [6.07, 6.45) is -0.0357. The van der Waals surface area contributed by atoms with Gasteiger partial charge in [0.25, 0.3) is 11.8 Å². The highest BCUT2D eigenvalue weighted by atomic mass is 19.1. The van der Waals surface area contributed by atoms with Crippen molar-refractivity contribution in [2.75, 3.05) is 23.8 Å². The van der Waals surface area contributed by atoms with Crippen LogP contribution in [0.5, 0.6) is 0 Å². The molecule has 0 saturated carbocycles. The molecule has 0 spiro atoms. The van der Waals surface area contributed by atoms with Gasteiger partial charge in [0.05, 0.1) is 24.8 Å². The second-order valence-corrected chi connectivity index (χ2v) is 7.33. The number of carbonyl (C=O) groups is 3. The largest absolute Gasteiger partial charge is 0.377 e. The fraction of sp³-hybridized carbons (Fsp3) is 0.261. The van der Waals surface area contributed by atoms with E-state index in [4.69, 9.17) is 4.74 Å². The van der Waals surface area contributed by atoms with Crippen LogP contribution in [-0.2, 0) is 19.1 Å². The Morgan fingerprint density at radius 3 is 2.39 bits per heavy atom. The Bertz CT molecular complexity index is 1030. The van der Waals surface area contributed by atoms with Gasteiger partial charge in [0.2, 0.25) is 5.91 Å². The molecule has 3 rings (SSSR count). The Balaban J connectivity index is 1.95. The van der Waals surface area contributed by atoms with Gasteiger partial charge in [-0.25, -0.2) is 4.39 Å². The lowest BCUT2D eigenvalue weighted by Crippen LogP contribution is -2.35. The molecule has 2 aromatic carbocycles. The molecule has 0 aromatic heterocycles. The van der Waals surface area contributed by atoms with E-state index in [0.29, 0.717) is 16.9 Å². The number of imide groups is 1. The molecule has 0 bridgehead atoms. The van der Waals surface area contributed by atoms with Crippen molar-refractivity contribution < 1.29 is 23.5 Å². The summed E-state index contributed by atoms with van der Waals surface area (Å²) in [6.45, 7) is 5.43. The first kappa shape index (κ1) is 22.2. The van der Waals surface area contributed by atoms with Crippen molar-refractivity contribution in [2.45, 2.75) is 26.9 Å². The summed E-state index contributed by atoms with van der Waals surface area (Å²) in [5.74, 6) is -1.67. The molecule has 31 heavy (non-hydrogen) atoms. The van der Waals surface area contributed by atoms with E-state index in [2.05, 4.69) is 10.6 Å². The third-order valence-electron chi connectivity index (χ3n) is 4.52. The van der Waals surface area contributed by atoms with Crippen LogP contribution in [0.3, 0.4) is 0 Å². The smallest absolute Gasteiger partial charge is 0.278 e. The van der Waals surface area contributed by atoms with Gasteiger partial charge in [-0.2, -0.15) is 0 Å². The van der Waals surface area contributed by atoms with E-state index in [1.54, 1.807) is 30.3 Å². The number of hydrogen-bond donors (Lipinski definition) is 2. The van der Waals surface area contributed by atoms with Crippen molar-refractivity contribution in [1.29, 1.82) is 0 Å². The van der Waals surface area contributed by atoms with Crippen molar-refractivity contribution in [3.8, 4) is 0 Å². The van der Waals surface area contributed by atoms with Gasteiger partial charge in [0, 0.05) is 18.3 Å². The molecule has 1 aliphatic rings. The number of benzene rings is 2. The highest BCUT2D eigenvalue weighted by molar-refractivity contribution is 6.36. The van der Waals surface area contributed by atoms with Crippen LogP contribution in [0.15, 0.2) is 54.2 Å². The lowest BCUT2D eigenvalue weighted by molar-refractivity contribution is -0.138. The Morgan fingerprint density at radius 2 is 1.77 bits per heavy atom. The second kappa shape index (κ2) is 9.53. The SMILES string of the molecule is CC(=O)Nc1ccc(C2=C(Nc3cccc(F)c3)C(=O)N(CCOC(C)C)C2=O)cc1. The van der Waals surface area contributed by atoms with Crippen molar-refractivity contribution in [2.24, 2.45) is 0 Å². The molecule has 0 atom stereocenters. The standard InChI is InChI=1S/C23H24FN3O4/c1-14(2)31-12-11-27-22(29)20(16-7-9-18(10-8-16)25-15(3)28)21(23(27)30)26-19-6-4-5-17(24)13-19/h4-10,13-14,26H,11-12H2,1-3H3,(H,25,28). The lowest BCUT2D eigenvalue weighted by Gasteiger charge is -2.16. The van der Waals surface area contributed by atoms with Crippen LogP contribution in [0.1, 0.15) is 26.3 Å². The summed E-state index contributed by atoms with van der Waals surface area (Å²) in [6, 6.07) is 12.2. The zero-order chi connectivity index (χ0) is 22.5. The van der Waals surface area contributed by atoms with Gasteiger partial charge in [0.15, 0.2) is 0 Å². The molecule has 7 nitrogen and oxygen atoms in total. The average Bonchev–Trinajstić information content (AvgIpc) is 2.92. The quantitative estimate of drug-likeness (QED) is 0.633. The first-order valence-electron chi connectivity index (χ1n) is 9.89. The summed E-state index contributed by atoms with van der Waals surface area (Å²) in [4.78, 5) is 38.5. The summed E-state index contributed by atoms with van der Waals surface area (Å²) in [7, 11) is 0. The van der Waals surface area contributed by atoms with Gasteiger partial charge in [-0.1, -0.05) is 18.2 Å². The van der Waals surface area contributed by atoms with E-state index < -0.39 is 17.6 Å². The maximum absolute atomic E-state index is 13.6. The summed E-state index contributed by atoms with van der Waals surface area (Å²) < 4.78 is 19.1. The van der Waals surface area contributed by atoms with E-state index >= 15 is 0 Å². The number of rotatable bonds is 8. The predicted molar refractivity (Wildman–Crippen MR) is 115 cm³/mol. The van der Waals surface area contributed by atoms with E-state index in [1.807, 2.05) is 13.8 Å². The molecule has 0 fully saturated rings. The number of carbonyl (C=O) groups excluding carboxylic acids is 3. The molecule has 0 unspecified atom stereocenters. The Kier molecular flexibility index (Phi) is 6.81. The molecule has 2 N–H and O–H groups in total. The van der Waals surface area contributed by atoms with Crippen molar-refractivity contribution in [3.05, 3.63) is 65.6 Å². The van der Waals surface area contributed by atoms with Crippen LogP contribution in [0.2, 0.25) is 0 Å². The molecule has 3 amide bonds. The van der Waals surface area contributed by atoms with E-state index in [0.717, 1.165) is 4.90 Å². The van der Waals surface area contributed by atoms with Gasteiger partial charge in [0.1, 0.15) is 11.5 Å². The van der Waals surface area contributed by atoms with Crippen LogP contribution < -0.4 is 10.6 Å². The van der Waals surface area contributed by atoms with Gasteiger partial charge in [-0.3, -0.25) is 19.3 Å². The number of nitrogens with zero attached hydrogens (tertiary/aromatic N) is 1. The molecule has 2 aromatic rings. The number of ether oxygens (including phenoxy) is 1. The maximum Gasteiger partial charge on any atom is 0.278 e. The van der Waals surface area contributed by atoms with Crippen molar-refractivity contribution in [3.63, 3.8) is 0 Å². The molecule has 8 heteroatoms. The Hall–Kier alpha value is -3.52. The number of anilines is 2. The number of hydrogen-bond acceptors (Lipinski definition) is 5. The summed E-state index contributed by atoms with van der Waals surface area (Å²) in [5.41, 5.74) is 1.65. The number of halogens is 1. The van der Waals surface area contributed by atoms with Crippen LogP contribution in [0.4, 0.5) is 15.8 Å². The monoisotopic (exact) mass is 425 g/mol. The third kappa shape index (κ3) is 5.35. The van der Waals surface area contributed by atoms with Gasteiger partial charge in [-0.15, -0.1) is 0 Å². The average molecular weight is 425 g/mol. The zero-order valence-corrected chi connectivity index (χ0v) is 17.6. The maximum atomic E-state index is 13.6. The zero-order valence-electron chi connectivity index (χ0n) is 17.6. The Labute approximate surface area is 179 Å². The molecule has 1 heterocycles. The lowest BCUT2D eigenvalue weighted by atomic mass is 10.0. The highest BCUT2D eigenvalue weighted by Crippen LogP contribution is 2.31. The van der Waals surface area contributed by atoms with E-state index in [1.165, 1.54) is 25.1 Å². The van der Waals surface area contributed by atoms with E-state index in [9.17, 15) is 18.8 Å². The van der Waals surface area contributed by atoms with Gasteiger partial charge in [-0.05, 0) is 49.7 Å². The molecule has 1 aliphatic heterocycles. The van der Waals surface area contributed by atoms with Crippen LogP contribution in [-0.4, -0.2) is 41.9 Å². The highest BCUT2D eigenvalue weighted by Gasteiger charge is 2.39. The molecule has 0 radical (unpaired) electrons. The normalized spacial score (nSPS) is 13.9. The first-order chi connectivity index (χ1) is 14.8.